The Hall–Kier alpha value is -1.09. The Kier molecular flexibility index (Phi) is 4.25. The lowest BCUT2D eigenvalue weighted by Gasteiger charge is -2.37. The SMILES string of the molecule is Cc1cc(NC2CCCCC2C2CCCN2)ccc1F. The standard InChI is InChI=1S/C17H25FN2/c1-12-11-13(8-9-15(12)18)20-17-6-3-2-5-14(17)16-7-4-10-19-16/h8-9,11,14,16-17,19-20H,2-7,10H2,1H3. The molecule has 1 aromatic carbocycles. The summed E-state index contributed by atoms with van der Waals surface area (Å²) in [5, 5.41) is 7.33. The van der Waals surface area contributed by atoms with Gasteiger partial charge in [0, 0.05) is 17.8 Å². The number of benzene rings is 1. The summed E-state index contributed by atoms with van der Waals surface area (Å²) in [6.07, 6.45) is 7.83. The van der Waals surface area contributed by atoms with E-state index in [1.807, 2.05) is 19.1 Å². The molecular formula is C17H25FN2. The van der Waals surface area contributed by atoms with Gasteiger partial charge >= 0.3 is 0 Å². The molecule has 2 aliphatic rings. The van der Waals surface area contributed by atoms with Gasteiger partial charge < -0.3 is 10.6 Å². The molecule has 3 unspecified atom stereocenters. The number of halogens is 1. The molecule has 1 aromatic rings. The van der Waals surface area contributed by atoms with E-state index in [1.54, 1.807) is 6.07 Å². The average Bonchev–Trinajstić information content (AvgIpc) is 2.97. The van der Waals surface area contributed by atoms with E-state index in [0.29, 0.717) is 12.1 Å². The Morgan fingerprint density at radius 2 is 2.00 bits per heavy atom. The molecule has 3 heteroatoms. The number of anilines is 1. The van der Waals surface area contributed by atoms with Crippen molar-refractivity contribution in [3.05, 3.63) is 29.6 Å². The van der Waals surface area contributed by atoms with Crippen molar-refractivity contribution in [1.82, 2.24) is 5.32 Å². The van der Waals surface area contributed by atoms with Gasteiger partial charge in [-0.2, -0.15) is 0 Å². The van der Waals surface area contributed by atoms with Gasteiger partial charge in [-0.25, -0.2) is 4.39 Å². The van der Waals surface area contributed by atoms with E-state index < -0.39 is 0 Å². The van der Waals surface area contributed by atoms with Crippen LogP contribution < -0.4 is 10.6 Å². The summed E-state index contributed by atoms with van der Waals surface area (Å²) in [6, 6.07) is 6.58. The van der Waals surface area contributed by atoms with Crippen LogP contribution >= 0.6 is 0 Å². The predicted molar refractivity (Wildman–Crippen MR) is 81.5 cm³/mol. The van der Waals surface area contributed by atoms with Crippen LogP contribution in [0.3, 0.4) is 0 Å². The fraction of sp³-hybridized carbons (Fsp3) is 0.647. The fourth-order valence-corrected chi connectivity index (χ4v) is 3.85. The molecule has 2 fully saturated rings. The first kappa shape index (κ1) is 13.9. The molecule has 110 valence electrons. The maximum Gasteiger partial charge on any atom is 0.126 e. The van der Waals surface area contributed by atoms with Gasteiger partial charge in [0.25, 0.3) is 0 Å². The van der Waals surface area contributed by atoms with Crippen molar-refractivity contribution in [1.29, 1.82) is 0 Å². The smallest absolute Gasteiger partial charge is 0.126 e. The Labute approximate surface area is 121 Å². The Morgan fingerprint density at radius 1 is 1.15 bits per heavy atom. The third-order valence-corrected chi connectivity index (χ3v) is 4.94. The van der Waals surface area contributed by atoms with E-state index in [0.717, 1.165) is 17.2 Å². The zero-order chi connectivity index (χ0) is 13.9. The van der Waals surface area contributed by atoms with Crippen LogP contribution in [0.5, 0.6) is 0 Å². The quantitative estimate of drug-likeness (QED) is 0.876. The zero-order valence-corrected chi connectivity index (χ0v) is 12.3. The van der Waals surface area contributed by atoms with Crippen LogP contribution in [0.15, 0.2) is 18.2 Å². The molecule has 1 saturated heterocycles. The topological polar surface area (TPSA) is 24.1 Å². The van der Waals surface area contributed by atoms with E-state index in [-0.39, 0.29) is 5.82 Å². The summed E-state index contributed by atoms with van der Waals surface area (Å²) in [7, 11) is 0. The first-order valence-corrected chi connectivity index (χ1v) is 8.00. The van der Waals surface area contributed by atoms with Crippen molar-refractivity contribution < 1.29 is 4.39 Å². The molecule has 3 atom stereocenters. The molecule has 0 amide bonds. The number of hydrogen-bond donors (Lipinski definition) is 2. The minimum absolute atomic E-state index is 0.117. The molecule has 2 N–H and O–H groups in total. The van der Waals surface area contributed by atoms with Crippen LogP contribution in [-0.2, 0) is 0 Å². The first-order chi connectivity index (χ1) is 9.74. The predicted octanol–water partition coefficient (Wildman–Crippen LogP) is 3.86. The number of hydrogen-bond acceptors (Lipinski definition) is 2. The van der Waals surface area contributed by atoms with Crippen LogP contribution in [0.4, 0.5) is 10.1 Å². The minimum Gasteiger partial charge on any atom is -0.382 e. The van der Waals surface area contributed by atoms with Gasteiger partial charge in [-0.1, -0.05) is 12.8 Å². The fourth-order valence-electron chi connectivity index (χ4n) is 3.85. The number of aryl methyl sites for hydroxylation is 1. The molecule has 3 rings (SSSR count). The van der Waals surface area contributed by atoms with Gasteiger partial charge in [0.05, 0.1) is 0 Å². The molecule has 2 nitrogen and oxygen atoms in total. The minimum atomic E-state index is -0.117. The molecule has 0 aromatic heterocycles. The Balaban J connectivity index is 1.71. The lowest BCUT2D eigenvalue weighted by Crippen LogP contribution is -2.43. The maximum atomic E-state index is 13.4. The number of rotatable bonds is 3. The van der Waals surface area contributed by atoms with Gasteiger partial charge in [-0.15, -0.1) is 0 Å². The van der Waals surface area contributed by atoms with E-state index in [1.165, 1.54) is 45.1 Å². The van der Waals surface area contributed by atoms with Crippen LogP contribution in [0.1, 0.15) is 44.1 Å². The van der Waals surface area contributed by atoms with Gasteiger partial charge in [0.1, 0.15) is 5.82 Å². The van der Waals surface area contributed by atoms with Gasteiger partial charge in [-0.05, 0) is 68.8 Å². The van der Waals surface area contributed by atoms with Crippen molar-refractivity contribution in [2.45, 2.75) is 57.5 Å². The summed E-state index contributed by atoms with van der Waals surface area (Å²) in [4.78, 5) is 0. The van der Waals surface area contributed by atoms with Crippen LogP contribution in [0, 0.1) is 18.7 Å². The second-order valence-electron chi connectivity index (χ2n) is 6.37. The van der Waals surface area contributed by atoms with Gasteiger partial charge in [0.15, 0.2) is 0 Å². The highest BCUT2D eigenvalue weighted by Gasteiger charge is 2.33. The molecule has 1 saturated carbocycles. The average molecular weight is 276 g/mol. The lowest BCUT2D eigenvalue weighted by atomic mass is 9.79. The van der Waals surface area contributed by atoms with Crippen molar-refractivity contribution in [2.75, 3.05) is 11.9 Å². The molecular weight excluding hydrogens is 251 g/mol. The highest BCUT2D eigenvalue weighted by molar-refractivity contribution is 5.47. The maximum absolute atomic E-state index is 13.4. The van der Waals surface area contributed by atoms with E-state index in [4.69, 9.17) is 0 Å². The van der Waals surface area contributed by atoms with E-state index >= 15 is 0 Å². The Morgan fingerprint density at radius 3 is 2.75 bits per heavy atom. The van der Waals surface area contributed by atoms with Crippen LogP contribution in [-0.4, -0.2) is 18.6 Å². The summed E-state index contributed by atoms with van der Waals surface area (Å²) < 4.78 is 13.4. The van der Waals surface area contributed by atoms with E-state index in [9.17, 15) is 4.39 Å². The van der Waals surface area contributed by atoms with Crippen molar-refractivity contribution in [2.24, 2.45) is 5.92 Å². The van der Waals surface area contributed by atoms with Gasteiger partial charge in [-0.3, -0.25) is 0 Å². The second-order valence-corrected chi connectivity index (χ2v) is 6.37. The second kappa shape index (κ2) is 6.13. The molecule has 0 bridgehead atoms. The lowest BCUT2D eigenvalue weighted by molar-refractivity contribution is 0.263. The molecule has 0 radical (unpaired) electrons. The van der Waals surface area contributed by atoms with Crippen molar-refractivity contribution in [3.63, 3.8) is 0 Å². The highest BCUT2D eigenvalue weighted by Crippen LogP contribution is 2.32. The monoisotopic (exact) mass is 276 g/mol. The van der Waals surface area contributed by atoms with Crippen molar-refractivity contribution >= 4 is 5.69 Å². The summed E-state index contributed by atoms with van der Waals surface area (Å²) in [5.74, 6) is 0.602. The Bertz CT molecular complexity index is 454. The third-order valence-electron chi connectivity index (χ3n) is 4.94. The van der Waals surface area contributed by atoms with Crippen molar-refractivity contribution in [3.8, 4) is 0 Å². The molecule has 1 heterocycles. The molecule has 1 aliphatic carbocycles. The highest BCUT2D eigenvalue weighted by atomic mass is 19.1. The molecule has 1 aliphatic heterocycles. The molecule has 20 heavy (non-hydrogen) atoms. The normalized spacial score (nSPS) is 30.4. The number of nitrogens with one attached hydrogen (secondary N) is 2. The van der Waals surface area contributed by atoms with Crippen LogP contribution in [0.2, 0.25) is 0 Å². The summed E-state index contributed by atoms with van der Waals surface area (Å²) in [6.45, 7) is 3.00. The first-order valence-electron chi connectivity index (χ1n) is 8.00. The summed E-state index contributed by atoms with van der Waals surface area (Å²) in [5.41, 5.74) is 1.79. The van der Waals surface area contributed by atoms with E-state index in [2.05, 4.69) is 10.6 Å². The zero-order valence-electron chi connectivity index (χ0n) is 12.3. The van der Waals surface area contributed by atoms with Crippen LogP contribution in [0.25, 0.3) is 0 Å². The third kappa shape index (κ3) is 2.98. The molecule has 0 spiro atoms. The van der Waals surface area contributed by atoms with Gasteiger partial charge in [0.2, 0.25) is 0 Å². The largest absolute Gasteiger partial charge is 0.382 e. The summed E-state index contributed by atoms with van der Waals surface area (Å²) >= 11 is 0.